The highest BCUT2D eigenvalue weighted by Gasteiger charge is 2.66. The fraction of sp³-hybridized carbons (Fsp3) is 0.174. The van der Waals surface area contributed by atoms with Gasteiger partial charge in [0.15, 0.2) is 4.75 Å². The first-order valence-corrected chi connectivity index (χ1v) is 9.93. The van der Waals surface area contributed by atoms with Gasteiger partial charge in [-0.3, -0.25) is 4.79 Å². The molecule has 0 aliphatic carbocycles. The summed E-state index contributed by atoms with van der Waals surface area (Å²) in [4.78, 5) is 16.3. The molecule has 0 bridgehead atoms. The Bertz CT molecular complexity index is 1100. The Hall–Kier alpha value is -2.63. The first-order valence-electron chi connectivity index (χ1n) is 9.12. The molecule has 3 nitrogen and oxygen atoms in total. The molecule has 2 heterocycles. The first kappa shape index (κ1) is 17.5. The number of rotatable bonds is 2. The van der Waals surface area contributed by atoms with E-state index < -0.39 is 16.2 Å². The van der Waals surface area contributed by atoms with E-state index in [9.17, 15) is 14.3 Å². The molecule has 1 spiro atoms. The smallest absolute Gasteiger partial charge is 0.251 e. The maximum Gasteiger partial charge on any atom is 0.251 e. The molecule has 28 heavy (non-hydrogen) atoms. The van der Waals surface area contributed by atoms with Crippen molar-refractivity contribution in [3.05, 3.63) is 95.3 Å². The number of hydrogen-bond donors (Lipinski definition) is 1. The summed E-state index contributed by atoms with van der Waals surface area (Å²) in [6.07, 6.45) is 0. The van der Waals surface area contributed by atoms with Crippen LogP contribution in [0.2, 0.25) is 0 Å². The molecule has 2 atom stereocenters. The van der Waals surface area contributed by atoms with Crippen LogP contribution in [0, 0.1) is 5.82 Å². The van der Waals surface area contributed by atoms with E-state index in [1.54, 1.807) is 17.9 Å². The summed E-state index contributed by atoms with van der Waals surface area (Å²) in [6.45, 7) is 2.03. The van der Waals surface area contributed by atoms with E-state index in [1.165, 1.54) is 23.9 Å². The number of benzene rings is 3. The van der Waals surface area contributed by atoms with Gasteiger partial charge in [0.25, 0.3) is 5.91 Å². The van der Waals surface area contributed by atoms with Crippen molar-refractivity contribution in [2.24, 2.45) is 0 Å². The predicted molar refractivity (Wildman–Crippen MR) is 108 cm³/mol. The Morgan fingerprint density at radius 2 is 1.71 bits per heavy atom. The summed E-state index contributed by atoms with van der Waals surface area (Å²) in [6, 6.07) is 21.7. The van der Waals surface area contributed by atoms with Crippen LogP contribution in [0.3, 0.4) is 0 Å². The van der Waals surface area contributed by atoms with Crippen molar-refractivity contribution in [1.29, 1.82) is 0 Å². The molecule has 1 amide bonds. The van der Waals surface area contributed by atoms with Gasteiger partial charge in [0.1, 0.15) is 11.4 Å². The number of carbonyl (C=O) groups is 1. The van der Waals surface area contributed by atoms with Gasteiger partial charge in [0, 0.05) is 21.7 Å². The first-order chi connectivity index (χ1) is 13.4. The normalized spacial score (nSPS) is 25.2. The van der Waals surface area contributed by atoms with Crippen molar-refractivity contribution in [2.45, 2.75) is 28.7 Å². The minimum absolute atomic E-state index is 0.177. The number of carbonyl (C=O) groups excluding carboxylic acids is 1. The standard InChI is InChI=1S/C23H18FNO2S/c1-22(27)18-13-16(24)11-12-20(18)28-23(22)17-9-5-6-10-19(17)25(21(23)26)14-15-7-3-2-4-8-15/h2-13,27H,14H2,1H3/t22-,23-/m1/s1. The van der Waals surface area contributed by atoms with Gasteiger partial charge >= 0.3 is 0 Å². The molecule has 0 radical (unpaired) electrons. The van der Waals surface area contributed by atoms with Crippen molar-refractivity contribution in [1.82, 2.24) is 0 Å². The molecule has 5 rings (SSSR count). The van der Waals surface area contributed by atoms with E-state index in [4.69, 9.17) is 0 Å². The number of amides is 1. The zero-order valence-corrected chi connectivity index (χ0v) is 16.0. The Kier molecular flexibility index (Phi) is 3.70. The zero-order valence-electron chi connectivity index (χ0n) is 15.2. The highest BCUT2D eigenvalue weighted by molar-refractivity contribution is 8.01. The SMILES string of the molecule is C[C@@]1(O)c2cc(F)ccc2S[C@]12C(=O)N(Cc1ccccc1)c1ccccc12. The lowest BCUT2D eigenvalue weighted by molar-refractivity contribution is -0.127. The third-order valence-corrected chi connectivity index (χ3v) is 7.39. The molecule has 2 aliphatic rings. The second kappa shape index (κ2) is 5.93. The van der Waals surface area contributed by atoms with Crippen LogP contribution in [0.25, 0.3) is 0 Å². The number of para-hydroxylation sites is 1. The Morgan fingerprint density at radius 3 is 2.50 bits per heavy atom. The second-order valence-electron chi connectivity index (χ2n) is 7.39. The molecule has 0 unspecified atom stereocenters. The Labute approximate surface area is 166 Å². The van der Waals surface area contributed by atoms with Gasteiger partial charge in [-0.05, 0) is 36.8 Å². The fourth-order valence-electron chi connectivity index (χ4n) is 4.34. The van der Waals surface area contributed by atoms with Crippen molar-refractivity contribution in [2.75, 3.05) is 4.90 Å². The Balaban J connectivity index is 1.68. The lowest BCUT2D eigenvalue weighted by Crippen LogP contribution is -2.49. The van der Waals surface area contributed by atoms with Crippen molar-refractivity contribution in [3.63, 3.8) is 0 Å². The molecule has 0 fully saturated rings. The van der Waals surface area contributed by atoms with Crippen molar-refractivity contribution in [3.8, 4) is 0 Å². The molecule has 0 saturated heterocycles. The summed E-state index contributed by atoms with van der Waals surface area (Å²) in [5.41, 5.74) is 1.49. The third kappa shape index (κ3) is 2.17. The molecular formula is C23H18FNO2S. The maximum absolute atomic E-state index is 13.9. The van der Waals surface area contributed by atoms with E-state index in [2.05, 4.69) is 0 Å². The number of anilines is 1. The maximum atomic E-state index is 13.9. The molecule has 2 aliphatic heterocycles. The fourth-order valence-corrected chi connectivity index (χ4v) is 5.96. The predicted octanol–water partition coefficient (Wildman–Crippen LogP) is 4.58. The van der Waals surface area contributed by atoms with Crippen LogP contribution < -0.4 is 4.90 Å². The molecular weight excluding hydrogens is 373 g/mol. The minimum Gasteiger partial charge on any atom is -0.383 e. The zero-order chi connectivity index (χ0) is 19.5. The molecule has 3 aromatic carbocycles. The number of fused-ring (bicyclic) bond motifs is 3. The highest BCUT2D eigenvalue weighted by atomic mass is 32.2. The number of nitrogens with zero attached hydrogens (tertiary/aromatic N) is 1. The molecule has 0 saturated carbocycles. The van der Waals surface area contributed by atoms with Gasteiger partial charge in [-0.1, -0.05) is 48.5 Å². The minimum atomic E-state index is -1.53. The molecule has 1 N–H and O–H groups in total. The van der Waals surface area contributed by atoms with Gasteiger partial charge < -0.3 is 10.0 Å². The number of thioether (sulfide) groups is 1. The van der Waals surface area contributed by atoms with E-state index in [0.717, 1.165) is 21.7 Å². The quantitative estimate of drug-likeness (QED) is 0.695. The number of halogens is 1. The largest absolute Gasteiger partial charge is 0.383 e. The molecule has 5 heteroatoms. The summed E-state index contributed by atoms with van der Waals surface area (Å²) in [7, 11) is 0. The second-order valence-corrected chi connectivity index (χ2v) is 8.65. The highest BCUT2D eigenvalue weighted by Crippen LogP contribution is 2.65. The average Bonchev–Trinajstić information content (AvgIpc) is 3.08. The lowest BCUT2D eigenvalue weighted by Gasteiger charge is -2.35. The Morgan fingerprint density at radius 1 is 1.00 bits per heavy atom. The summed E-state index contributed by atoms with van der Waals surface area (Å²) >= 11 is 1.32. The van der Waals surface area contributed by atoms with Crippen LogP contribution in [0.5, 0.6) is 0 Å². The van der Waals surface area contributed by atoms with Crippen LogP contribution >= 0.6 is 11.8 Å². The van der Waals surface area contributed by atoms with Gasteiger partial charge in [0.05, 0.1) is 6.54 Å². The van der Waals surface area contributed by atoms with Gasteiger partial charge in [0.2, 0.25) is 0 Å². The monoisotopic (exact) mass is 391 g/mol. The van der Waals surface area contributed by atoms with Crippen molar-refractivity contribution < 1.29 is 14.3 Å². The molecule has 140 valence electrons. The van der Waals surface area contributed by atoms with E-state index in [1.807, 2.05) is 54.6 Å². The van der Waals surface area contributed by atoms with Crippen LogP contribution in [-0.2, 0) is 21.7 Å². The summed E-state index contributed by atoms with van der Waals surface area (Å²) in [5.74, 6) is -0.597. The van der Waals surface area contributed by atoms with E-state index in [0.29, 0.717) is 12.1 Å². The average molecular weight is 391 g/mol. The molecule has 3 aromatic rings. The number of hydrogen-bond acceptors (Lipinski definition) is 3. The van der Waals surface area contributed by atoms with Crippen LogP contribution in [-0.4, -0.2) is 11.0 Å². The van der Waals surface area contributed by atoms with Crippen LogP contribution in [0.1, 0.15) is 23.6 Å². The van der Waals surface area contributed by atoms with Gasteiger partial charge in [-0.15, -0.1) is 11.8 Å². The summed E-state index contributed by atoms with van der Waals surface area (Å²) < 4.78 is 12.7. The topological polar surface area (TPSA) is 40.5 Å². The lowest BCUT2D eigenvalue weighted by atomic mass is 9.79. The van der Waals surface area contributed by atoms with E-state index in [-0.39, 0.29) is 5.91 Å². The van der Waals surface area contributed by atoms with Crippen LogP contribution in [0.15, 0.2) is 77.7 Å². The van der Waals surface area contributed by atoms with Crippen LogP contribution in [0.4, 0.5) is 10.1 Å². The van der Waals surface area contributed by atoms with Gasteiger partial charge in [-0.2, -0.15) is 0 Å². The number of aliphatic hydroxyl groups is 1. The van der Waals surface area contributed by atoms with Crippen molar-refractivity contribution >= 4 is 23.4 Å². The third-order valence-electron chi connectivity index (χ3n) is 5.72. The van der Waals surface area contributed by atoms with E-state index >= 15 is 0 Å². The van der Waals surface area contributed by atoms with Gasteiger partial charge in [-0.25, -0.2) is 4.39 Å². The summed E-state index contributed by atoms with van der Waals surface area (Å²) in [5, 5.41) is 11.6. The molecule has 0 aromatic heterocycles.